The Balaban J connectivity index is 1.44. The molecule has 0 aromatic heterocycles. The maximum Gasteiger partial charge on any atom is 0.255 e. The highest BCUT2D eigenvalue weighted by atomic mass is 32.2. The van der Waals surface area contributed by atoms with Crippen LogP contribution in [-0.4, -0.2) is 59.7 Å². The molecule has 8 heteroatoms. The summed E-state index contributed by atoms with van der Waals surface area (Å²) in [6, 6.07) is 13.0. The number of morpholine rings is 1. The molecule has 164 valence electrons. The molecule has 2 aliphatic heterocycles. The van der Waals surface area contributed by atoms with Crippen molar-refractivity contribution >= 4 is 35.0 Å². The molecule has 2 aromatic carbocycles. The van der Waals surface area contributed by atoms with Crippen LogP contribution in [0.3, 0.4) is 0 Å². The molecule has 0 radical (unpaired) electrons. The molecule has 2 fully saturated rings. The quantitative estimate of drug-likeness (QED) is 0.783. The molecule has 31 heavy (non-hydrogen) atoms. The summed E-state index contributed by atoms with van der Waals surface area (Å²) in [4.78, 5) is 29.2. The molecule has 2 saturated heterocycles. The zero-order valence-corrected chi connectivity index (χ0v) is 18.4. The number of ether oxygens (including phenoxy) is 1. The van der Waals surface area contributed by atoms with Crippen molar-refractivity contribution in [2.24, 2.45) is 0 Å². The number of carbonyl (C=O) groups is 2. The number of nitrogens with zero attached hydrogens (tertiary/aromatic N) is 2. The van der Waals surface area contributed by atoms with E-state index in [2.05, 4.69) is 5.32 Å². The Morgan fingerprint density at radius 2 is 1.81 bits per heavy atom. The number of rotatable bonds is 4. The first-order chi connectivity index (χ1) is 14.9. The van der Waals surface area contributed by atoms with Crippen molar-refractivity contribution in [3.8, 4) is 0 Å². The fraction of sp³-hybridized carbons (Fsp3) is 0.391. The van der Waals surface area contributed by atoms with E-state index in [1.807, 2.05) is 24.8 Å². The van der Waals surface area contributed by atoms with Gasteiger partial charge in [0.25, 0.3) is 5.91 Å². The standard InChI is InChI=1S/C23H26FN3O3S/c1-15-11-26(12-16(2)30-15)20-9-8-18(10-19(20)24)25-22(28)21-13-31-14-27(21)23(29)17-6-4-3-5-7-17/h3-10,15-16,21H,11-14H2,1-2H3,(H,25,28)/t15?,16?,21-/m0/s1. The van der Waals surface area contributed by atoms with Crippen LogP contribution in [0.25, 0.3) is 0 Å². The molecule has 1 N–H and O–H groups in total. The van der Waals surface area contributed by atoms with Gasteiger partial charge in [0.2, 0.25) is 5.91 Å². The summed E-state index contributed by atoms with van der Waals surface area (Å²) in [6.07, 6.45) is 0.0473. The maximum atomic E-state index is 14.8. The highest BCUT2D eigenvalue weighted by molar-refractivity contribution is 7.99. The van der Waals surface area contributed by atoms with Crippen molar-refractivity contribution in [3.63, 3.8) is 0 Å². The van der Waals surface area contributed by atoms with Crippen LogP contribution in [-0.2, 0) is 9.53 Å². The van der Waals surface area contributed by atoms with E-state index < -0.39 is 11.9 Å². The number of hydrogen-bond donors (Lipinski definition) is 1. The topological polar surface area (TPSA) is 61.9 Å². The van der Waals surface area contributed by atoms with E-state index in [4.69, 9.17) is 4.74 Å². The lowest BCUT2D eigenvalue weighted by Crippen LogP contribution is -2.46. The van der Waals surface area contributed by atoms with Crippen molar-refractivity contribution in [1.29, 1.82) is 0 Å². The van der Waals surface area contributed by atoms with Gasteiger partial charge in [-0.05, 0) is 44.2 Å². The summed E-state index contributed by atoms with van der Waals surface area (Å²) in [5, 5.41) is 2.78. The minimum absolute atomic E-state index is 0.0236. The van der Waals surface area contributed by atoms with Crippen LogP contribution in [0.2, 0.25) is 0 Å². The van der Waals surface area contributed by atoms with Crippen LogP contribution in [0, 0.1) is 5.82 Å². The average molecular weight is 444 g/mol. The molecular formula is C23H26FN3O3S. The average Bonchev–Trinajstić information content (AvgIpc) is 3.23. The third-order valence-corrected chi connectivity index (χ3v) is 6.45. The van der Waals surface area contributed by atoms with E-state index in [-0.39, 0.29) is 24.0 Å². The van der Waals surface area contributed by atoms with Gasteiger partial charge in [-0.3, -0.25) is 9.59 Å². The first-order valence-electron chi connectivity index (χ1n) is 10.4. The van der Waals surface area contributed by atoms with Gasteiger partial charge >= 0.3 is 0 Å². The Morgan fingerprint density at radius 3 is 2.48 bits per heavy atom. The zero-order chi connectivity index (χ0) is 22.0. The number of nitrogens with one attached hydrogen (secondary N) is 1. The number of thioether (sulfide) groups is 1. The van der Waals surface area contributed by atoms with E-state index >= 15 is 0 Å². The van der Waals surface area contributed by atoms with Crippen molar-refractivity contribution in [3.05, 3.63) is 59.9 Å². The largest absolute Gasteiger partial charge is 0.372 e. The summed E-state index contributed by atoms with van der Waals surface area (Å²) in [5.74, 6) is 0.0797. The molecule has 2 heterocycles. The smallest absolute Gasteiger partial charge is 0.255 e. The van der Waals surface area contributed by atoms with E-state index in [9.17, 15) is 14.0 Å². The third-order valence-electron chi connectivity index (χ3n) is 5.44. The van der Waals surface area contributed by atoms with Gasteiger partial charge in [0, 0.05) is 30.1 Å². The highest BCUT2D eigenvalue weighted by Crippen LogP contribution is 2.28. The molecule has 4 rings (SSSR count). The monoisotopic (exact) mass is 443 g/mol. The lowest BCUT2D eigenvalue weighted by atomic mass is 10.1. The van der Waals surface area contributed by atoms with Gasteiger partial charge < -0.3 is 19.9 Å². The predicted octanol–water partition coefficient (Wildman–Crippen LogP) is 3.59. The molecule has 2 amide bonds. The first-order valence-corrected chi connectivity index (χ1v) is 11.5. The maximum absolute atomic E-state index is 14.8. The minimum atomic E-state index is -0.596. The summed E-state index contributed by atoms with van der Waals surface area (Å²) in [5.41, 5.74) is 1.43. The van der Waals surface area contributed by atoms with Crippen LogP contribution >= 0.6 is 11.8 Å². The first kappa shape index (κ1) is 21.6. The minimum Gasteiger partial charge on any atom is -0.372 e. The number of halogens is 1. The zero-order valence-electron chi connectivity index (χ0n) is 17.6. The second-order valence-corrected chi connectivity index (χ2v) is 8.97. The van der Waals surface area contributed by atoms with Crippen LogP contribution in [0.5, 0.6) is 0 Å². The van der Waals surface area contributed by atoms with Crippen molar-refractivity contribution < 1.29 is 18.7 Å². The Kier molecular flexibility index (Phi) is 6.48. The fourth-order valence-corrected chi connectivity index (χ4v) is 5.20. The summed E-state index contributed by atoms with van der Waals surface area (Å²) < 4.78 is 20.6. The molecule has 0 saturated carbocycles. The van der Waals surface area contributed by atoms with Gasteiger partial charge in [-0.1, -0.05) is 18.2 Å². The summed E-state index contributed by atoms with van der Waals surface area (Å²) in [6.45, 7) is 5.17. The number of hydrogen-bond acceptors (Lipinski definition) is 5. The van der Waals surface area contributed by atoms with E-state index in [0.717, 1.165) is 0 Å². The van der Waals surface area contributed by atoms with Gasteiger partial charge in [0.05, 0.1) is 23.8 Å². The van der Waals surface area contributed by atoms with E-state index in [1.165, 1.54) is 17.8 Å². The molecule has 2 aromatic rings. The van der Waals surface area contributed by atoms with Gasteiger partial charge in [-0.15, -0.1) is 11.8 Å². The molecule has 0 bridgehead atoms. The molecular weight excluding hydrogens is 417 g/mol. The molecule has 3 atom stereocenters. The van der Waals surface area contributed by atoms with Crippen molar-refractivity contribution in [2.75, 3.05) is 34.9 Å². The summed E-state index contributed by atoms with van der Waals surface area (Å²) >= 11 is 1.53. The Bertz CT molecular complexity index is 948. The highest BCUT2D eigenvalue weighted by Gasteiger charge is 2.35. The molecule has 2 aliphatic rings. The Hall–Kier alpha value is -2.58. The second kappa shape index (κ2) is 9.28. The van der Waals surface area contributed by atoms with Crippen molar-refractivity contribution in [1.82, 2.24) is 4.90 Å². The Labute approximate surface area is 185 Å². The van der Waals surface area contributed by atoms with Crippen LogP contribution in [0.4, 0.5) is 15.8 Å². The van der Waals surface area contributed by atoms with Gasteiger partial charge in [0.15, 0.2) is 0 Å². The van der Waals surface area contributed by atoms with Crippen LogP contribution < -0.4 is 10.2 Å². The van der Waals surface area contributed by atoms with Gasteiger partial charge in [-0.25, -0.2) is 4.39 Å². The molecule has 0 spiro atoms. The predicted molar refractivity (Wildman–Crippen MR) is 121 cm³/mol. The third kappa shape index (κ3) is 4.85. The van der Waals surface area contributed by atoms with Crippen molar-refractivity contribution in [2.45, 2.75) is 32.1 Å². The van der Waals surface area contributed by atoms with Crippen LogP contribution in [0.1, 0.15) is 24.2 Å². The van der Waals surface area contributed by atoms with Crippen LogP contribution in [0.15, 0.2) is 48.5 Å². The van der Waals surface area contributed by atoms with E-state index in [0.29, 0.717) is 41.7 Å². The number of anilines is 2. The lowest BCUT2D eigenvalue weighted by Gasteiger charge is -2.37. The molecule has 0 aliphatic carbocycles. The number of benzene rings is 2. The normalized spacial score (nSPS) is 23.6. The fourth-order valence-electron chi connectivity index (χ4n) is 4.05. The SMILES string of the molecule is CC1CN(c2ccc(NC(=O)[C@@H]3CSCN3C(=O)c3ccccc3)cc2F)CC(C)O1. The van der Waals surface area contributed by atoms with E-state index in [1.54, 1.807) is 41.3 Å². The molecule has 6 nitrogen and oxygen atoms in total. The molecule has 2 unspecified atom stereocenters. The lowest BCUT2D eigenvalue weighted by molar-refractivity contribution is -0.119. The van der Waals surface area contributed by atoms with Gasteiger partial charge in [-0.2, -0.15) is 0 Å². The Morgan fingerprint density at radius 1 is 1.10 bits per heavy atom. The number of carbonyl (C=O) groups excluding carboxylic acids is 2. The van der Waals surface area contributed by atoms with Gasteiger partial charge in [0.1, 0.15) is 11.9 Å². The second-order valence-electron chi connectivity index (χ2n) is 7.97. The number of amides is 2. The summed E-state index contributed by atoms with van der Waals surface area (Å²) in [7, 11) is 0.